The average Bonchev–Trinajstić information content (AvgIpc) is 2.73. The van der Waals surface area contributed by atoms with Crippen LogP contribution in [0.3, 0.4) is 0 Å². The summed E-state index contributed by atoms with van der Waals surface area (Å²) in [4.78, 5) is 3.08. The summed E-state index contributed by atoms with van der Waals surface area (Å²) in [6.45, 7) is 3.75. The fourth-order valence-electron chi connectivity index (χ4n) is 3.22. The van der Waals surface area contributed by atoms with Crippen molar-refractivity contribution in [1.82, 2.24) is 4.90 Å². The molecule has 0 aromatic heterocycles. The Morgan fingerprint density at radius 3 is 2.46 bits per heavy atom. The van der Waals surface area contributed by atoms with Crippen molar-refractivity contribution in [3.63, 3.8) is 0 Å². The third-order valence-electron chi connectivity index (χ3n) is 4.67. The van der Waals surface area contributed by atoms with Crippen molar-refractivity contribution in [3.8, 4) is 5.75 Å². The minimum Gasteiger partial charge on any atom is -0.489 e. The number of hydrogen-bond acceptors (Lipinski definition) is 3. The van der Waals surface area contributed by atoms with Crippen molar-refractivity contribution in [3.05, 3.63) is 77.9 Å². The molecular weight excluding hydrogens is 342 g/mol. The molecule has 0 saturated carbocycles. The summed E-state index contributed by atoms with van der Waals surface area (Å²) >= 11 is 5.61. The van der Waals surface area contributed by atoms with Gasteiger partial charge in [-0.2, -0.15) is 0 Å². The summed E-state index contributed by atoms with van der Waals surface area (Å²) in [5, 5.41) is 2.47. The topological polar surface area (TPSA) is 21.7 Å². The molecule has 0 aliphatic carbocycles. The van der Waals surface area contributed by atoms with E-state index < -0.39 is 0 Å². The van der Waals surface area contributed by atoms with Gasteiger partial charge >= 0.3 is 0 Å². The van der Waals surface area contributed by atoms with Crippen LogP contribution in [0.2, 0.25) is 0 Å². The second-order valence-corrected chi connectivity index (χ2v) is 6.74. The number of ether oxygens (including phenoxy) is 2. The monoisotopic (exact) mass is 363 g/mol. The Bertz CT molecular complexity index is 896. The highest BCUT2D eigenvalue weighted by molar-refractivity contribution is 7.80. The highest BCUT2D eigenvalue weighted by atomic mass is 32.1. The van der Waals surface area contributed by atoms with Crippen LogP contribution in [0, 0.1) is 0 Å². The first-order chi connectivity index (χ1) is 12.8. The average molecular weight is 363 g/mol. The first kappa shape index (κ1) is 17.0. The van der Waals surface area contributed by atoms with Gasteiger partial charge in [0.2, 0.25) is 0 Å². The van der Waals surface area contributed by atoms with Gasteiger partial charge < -0.3 is 14.4 Å². The zero-order chi connectivity index (χ0) is 17.8. The van der Waals surface area contributed by atoms with Gasteiger partial charge in [0.1, 0.15) is 17.3 Å². The number of benzene rings is 3. The van der Waals surface area contributed by atoms with Crippen LogP contribution in [0.4, 0.5) is 0 Å². The molecule has 4 rings (SSSR count). The van der Waals surface area contributed by atoms with E-state index in [0.29, 0.717) is 6.61 Å². The van der Waals surface area contributed by atoms with Crippen molar-refractivity contribution in [1.29, 1.82) is 0 Å². The molecule has 0 unspecified atom stereocenters. The quantitative estimate of drug-likeness (QED) is 0.640. The van der Waals surface area contributed by atoms with Gasteiger partial charge in [-0.15, -0.1) is 0 Å². The number of nitrogens with zero attached hydrogens (tertiary/aromatic N) is 1. The molecule has 1 aliphatic heterocycles. The van der Waals surface area contributed by atoms with E-state index in [-0.39, 0.29) is 0 Å². The van der Waals surface area contributed by atoms with Gasteiger partial charge in [0.15, 0.2) is 0 Å². The number of rotatable bonds is 4. The summed E-state index contributed by atoms with van der Waals surface area (Å²) in [7, 11) is 0. The fraction of sp³-hybridized carbons (Fsp3) is 0.227. The Labute approximate surface area is 159 Å². The van der Waals surface area contributed by atoms with E-state index in [9.17, 15) is 0 Å². The van der Waals surface area contributed by atoms with Gasteiger partial charge in [0.05, 0.1) is 13.2 Å². The Balaban J connectivity index is 1.43. The molecule has 3 aromatic rings. The number of morpholine rings is 1. The molecule has 3 aromatic carbocycles. The van der Waals surface area contributed by atoms with E-state index in [4.69, 9.17) is 21.7 Å². The molecule has 4 heteroatoms. The molecule has 0 spiro atoms. The molecule has 26 heavy (non-hydrogen) atoms. The van der Waals surface area contributed by atoms with Crippen LogP contribution in [-0.2, 0) is 11.3 Å². The first-order valence-electron chi connectivity index (χ1n) is 8.88. The predicted molar refractivity (Wildman–Crippen MR) is 109 cm³/mol. The minimum atomic E-state index is 0.550. The van der Waals surface area contributed by atoms with Crippen LogP contribution in [0.25, 0.3) is 10.8 Å². The van der Waals surface area contributed by atoms with E-state index in [0.717, 1.165) is 42.6 Å². The van der Waals surface area contributed by atoms with Crippen LogP contribution in [0.5, 0.6) is 5.75 Å². The van der Waals surface area contributed by atoms with E-state index in [1.165, 1.54) is 16.3 Å². The van der Waals surface area contributed by atoms with Crippen LogP contribution >= 0.6 is 12.2 Å². The summed E-state index contributed by atoms with van der Waals surface area (Å²) < 4.78 is 11.4. The maximum atomic E-state index is 6.00. The van der Waals surface area contributed by atoms with Gasteiger partial charge in [0.25, 0.3) is 0 Å². The number of fused-ring (bicyclic) bond motifs is 1. The van der Waals surface area contributed by atoms with E-state index in [1.807, 2.05) is 24.3 Å². The highest BCUT2D eigenvalue weighted by Gasteiger charge is 2.15. The molecule has 1 aliphatic rings. The molecule has 1 fully saturated rings. The maximum Gasteiger partial charge on any atom is 0.119 e. The van der Waals surface area contributed by atoms with Gasteiger partial charge in [0, 0.05) is 18.7 Å². The fourth-order valence-corrected chi connectivity index (χ4v) is 3.54. The summed E-state index contributed by atoms with van der Waals surface area (Å²) in [5.41, 5.74) is 2.25. The highest BCUT2D eigenvalue weighted by Crippen LogP contribution is 2.21. The van der Waals surface area contributed by atoms with Crippen molar-refractivity contribution < 1.29 is 9.47 Å². The lowest BCUT2D eigenvalue weighted by molar-refractivity contribution is 0.0693. The van der Waals surface area contributed by atoms with Gasteiger partial charge in [-0.1, -0.05) is 54.7 Å². The lowest BCUT2D eigenvalue weighted by atomic mass is 10.1. The Kier molecular flexibility index (Phi) is 5.14. The summed E-state index contributed by atoms with van der Waals surface area (Å²) in [6, 6.07) is 22.8. The zero-order valence-electron chi connectivity index (χ0n) is 14.6. The van der Waals surface area contributed by atoms with Crippen molar-refractivity contribution >= 4 is 28.0 Å². The minimum absolute atomic E-state index is 0.550. The molecule has 1 heterocycles. The Morgan fingerprint density at radius 1 is 0.923 bits per heavy atom. The van der Waals surface area contributed by atoms with Crippen molar-refractivity contribution in [2.45, 2.75) is 6.61 Å². The van der Waals surface area contributed by atoms with Crippen LogP contribution in [-0.4, -0.2) is 36.2 Å². The van der Waals surface area contributed by atoms with Gasteiger partial charge in [-0.3, -0.25) is 0 Å². The van der Waals surface area contributed by atoms with E-state index >= 15 is 0 Å². The first-order valence-corrected chi connectivity index (χ1v) is 9.28. The molecule has 0 atom stereocenters. The van der Waals surface area contributed by atoms with Gasteiger partial charge in [-0.05, 0) is 40.6 Å². The van der Waals surface area contributed by atoms with Crippen LogP contribution in [0.1, 0.15) is 11.1 Å². The third kappa shape index (κ3) is 3.71. The molecule has 0 bridgehead atoms. The normalized spacial score (nSPS) is 14.4. The Hall–Kier alpha value is -2.43. The number of hydrogen-bond donors (Lipinski definition) is 0. The number of thiocarbonyl (C=S) groups is 1. The molecule has 132 valence electrons. The van der Waals surface area contributed by atoms with E-state index in [2.05, 4.69) is 47.4 Å². The van der Waals surface area contributed by atoms with Crippen molar-refractivity contribution in [2.24, 2.45) is 0 Å². The molecule has 0 radical (unpaired) electrons. The van der Waals surface area contributed by atoms with Gasteiger partial charge in [-0.25, -0.2) is 0 Å². The van der Waals surface area contributed by atoms with E-state index in [1.54, 1.807) is 0 Å². The lowest BCUT2D eigenvalue weighted by Gasteiger charge is -2.29. The summed E-state index contributed by atoms with van der Waals surface area (Å²) in [6.07, 6.45) is 0. The molecule has 0 N–H and O–H groups in total. The second-order valence-electron chi connectivity index (χ2n) is 6.36. The largest absolute Gasteiger partial charge is 0.489 e. The Morgan fingerprint density at radius 2 is 1.65 bits per heavy atom. The predicted octanol–water partition coefficient (Wildman–Crippen LogP) is 4.43. The lowest BCUT2D eigenvalue weighted by Crippen LogP contribution is -2.40. The smallest absolute Gasteiger partial charge is 0.119 e. The standard InChI is InChI=1S/C22H21NO2S/c26-22(23-12-14-24-15-13-23)18-8-10-20(11-9-18)25-16-19-6-3-5-17-4-1-2-7-21(17)19/h1-11H,12-16H2. The van der Waals surface area contributed by atoms with Crippen molar-refractivity contribution in [2.75, 3.05) is 26.3 Å². The summed E-state index contributed by atoms with van der Waals surface area (Å²) in [5.74, 6) is 0.853. The zero-order valence-corrected chi connectivity index (χ0v) is 15.4. The maximum absolute atomic E-state index is 6.00. The van der Waals surface area contributed by atoms with Crippen LogP contribution < -0.4 is 4.74 Å². The molecular formula is C22H21NO2S. The second kappa shape index (κ2) is 7.85. The molecule has 3 nitrogen and oxygen atoms in total. The molecule has 0 amide bonds. The van der Waals surface area contributed by atoms with Crippen LogP contribution in [0.15, 0.2) is 66.7 Å². The third-order valence-corrected chi connectivity index (χ3v) is 5.17. The molecule has 1 saturated heterocycles. The SMILES string of the molecule is S=C(c1ccc(OCc2cccc3ccccc23)cc1)N1CCOCC1.